The van der Waals surface area contributed by atoms with Crippen LogP contribution in [0.25, 0.3) is 10.8 Å². The van der Waals surface area contributed by atoms with Crippen LogP contribution in [0.15, 0.2) is 28.2 Å². The van der Waals surface area contributed by atoms with Crippen molar-refractivity contribution in [1.82, 2.24) is 10.3 Å². The van der Waals surface area contributed by atoms with E-state index in [4.69, 9.17) is 9.52 Å². The first-order chi connectivity index (χ1) is 10.1. The summed E-state index contributed by atoms with van der Waals surface area (Å²) >= 11 is 1.38. The summed E-state index contributed by atoms with van der Waals surface area (Å²) in [5.41, 5.74) is 0.601. The normalized spacial score (nSPS) is 12.0. The molecule has 2 aromatic heterocycles. The third-order valence-corrected chi connectivity index (χ3v) is 3.74. The molecule has 0 spiro atoms. The molecule has 2 rings (SSSR count). The number of rotatable bonds is 7. The van der Waals surface area contributed by atoms with E-state index in [1.54, 1.807) is 23.8 Å². The topological polar surface area (TPSA) is 92.4 Å². The summed E-state index contributed by atoms with van der Waals surface area (Å²) in [4.78, 5) is 27.2. The first-order valence-corrected chi connectivity index (χ1v) is 7.48. The molecule has 0 saturated heterocycles. The number of carbonyl (C=O) groups excluding carboxylic acids is 1. The Morgan fingerprint density at radius 1 is 1.52 bits per heavy atom. The molecule has 1 atom stereocenters. The van der Waals surface area contributed by atoms with Gasteiger partial charge in [-0.15, -0.1) is 11.3 Å². The van der Waals surface area contributed by atoms with Gasteiger partial charge in [0.15, 0.2) is 10.8 Å². The molecule has 0 fully saturated rings. The van der Waals surface area contributed by atoms with Crippen molar-refractivity contribution in [3.63, 3.8) is 0 Å². The number of thiazole rings is 1. The van der Waals surface area contributed by atoms with E-state index in [1.165, 1.54) is 11.3 Å². The zero-order valence-electron chi connectivity index (χ0n) is 11.5. The lowest BCUT2D eigenvalue weighted by Gasteiger charge is -2.12. The average Bonchev–Trinajstić information content (AvgIpc) is 3.08. The van der Waals surface area contributed by atoms with Gasteiger partial charge in [-0.1, -0.05) is 13.3 Å². The van der Waals surface area contributed by atoms with Crippen LogP contribution in [0.3, 0.4) is 0 Å². The number of nitrogens with zero attached hydrogens (tertiary/aromatic N) is 1. The highest BCUT2D eigenvalue weighted by Gasteiger charge is 2.19. The van der Waals surface area contributed by atoms with E-state index in [0.29, 0.717) is 29.3 Å². The first-order valence-electron chi connectivity index (χ1n) is 6.60. The lowest BCUT2D eigenvalue weighted by atomic mass is 10.1. The summed E-state index contributed by atoms with van der Waals surface area (Å²) in [6.45, 7) is 1.87. The van der Waals surface area contributed by atoms with Gasteiger partial charge in [0, 0.05) is 5.38 Å². The maximum Gasteiger partial charge on any atom is 0.326 e. The van der Waals surface area contributed by atoms with Gasteiger partial charge in [0.1, 0.15) is 6.04 Å². The predicted molar refractivity (Wildman–Crippen MR) is 78.0 cm³/mol. The second kappa shape index (κ2) is 7.03. The van der Waals surface area contributed by atoms with Gasteiger partial charge in [-0.2, -0.15) is 0 Å². The zero-order valence-corrected chi connectivity index (χ0v) is 12.4. The van der Waals surface area contributed by atoms with Crippen LogP contribution in [-0.4, -0.2) is 28.0 Å². The molecule has 1 unspecified atom stereocenters. The Morgan fingerprint density at radius 3 is 2.95 bits per heavy atom. The van der Waals surface area contributed by atoms with Crippen molar-refractivity contribution in [1.29, 1.82) is 0 Å². The Morgan fingerprint density at radius 2 is 2.33 bits per heavy atom. The predicted octanol–water partition coefficient (Wildman–Crippen LogP) is 2.32. The minimum Gasteiger partial charge on any atom is -0.480 e. The molecule has 0 aliphatic rings. The van der Waals surface area contributed by atoms with Gasteiger partial charge in [0.05, 0.1) is 18.4 Å². The fraction of sp³-hybridized carbons (Fsp3) is 0.357. The highest BCUT2D eigenvalue weighted by atomic mass is 32.1. The minimum atomic E-state index is -1.01. The van der Waals surface area contributed by atoms with Gasteiger partial charge in [0.2, 0.25) is 5.91 Å². The summed E-state index contributed by atoms with van der Waals surface area (Å²) in [6, 6.07) is 2.72. The number of aromatic nitrogens is 1. The molecule has 6 nitrogen and oxygen atoms in total. The monoisotopic (exact) mass is 308 g/mol. The van der Waals surface area contributed by atoms with Crippen molar-refractivity contribution in [3.05, 3.63) is 29.5 Å². The smallest absolute Gasteiger partial charge is 0.326 e. The second-order valence-electron chi connectivity index (χ2n) is 4.55. The van der Waals surface area contributed by atoms with Gasteiger partial charge in [-0.25, -0.2) is 9.78 Å². The molecule has 0 aliphatic heterocycles. The fourth-order valence-corrected chi connectivity index (χ4v) is 2.64. The molecule has 0 saturated carbocycles. The standard InChI is InChI=1S/C14H16N2O4S/c1-2-4-10(14(18)19)16-12(17)7-9-8-21-13(15-9)11-5-3-6-20-11/h3,5-6,8,10H,2,4,7H2,1H3,(H,16,17)(H,18,19). The molecule has 1 amide bonds. The van der Waals surface area contributed by atoms with E-state index in [-0.39, 0.29) is 12.3 Å². The molecule has 2 heterocycles. The quantitative estimate of drug-likeness (QED) is 0.819. The first kappa shape index (κ1) is 15.2. The fourth-order valence-electron chi connectivity index (χ4n) is 1.86. The third kappa shape index (κ3) is 4.16. The summed E-state index contributed by atoms with van der Waals surface area (Å²) in [6.07, 6.45) is 2.72. The van der Waals surface area contributed by atoms with Gasteiger partial charge >= 0.3 is 5.97 Å². The van der Waals surface area contributed by atoms with Crippen LogP contribution in [0.5, 0.6) is 0 Å². The largest absolute Gasteiger partial charge is 0.480 e. The molecule has 21 heavy (non-hydrogen) atoms. The summed E-state index contributed by atoms with van der Waals surface area (Å²) in [5.74, 6) is -0.701. The van der Waals surface area contributed by atoms with Crippen LogP contribution in [0.2, 0.25) is 0 Å². The van der Waals surface area contributed by atoms with Gasteiger partial charge in [-0.05, 0) is 18.6 Å². The van der Waals surface area contributed by atoms with E-state index in [1.807, 2.05) is 6.92 Å². The van der Waals surface area contributed by atoms with E-state index in [9.17, 15) is 9.59 Å². The van der Waals surface area contributed by atoms with Crippen molar-refractivity contribution < 1.29 is 19.1 Å². The highest BCUT2D eigenvalue weighted by Crippen LogP contribution is 2.24. The number of carboxylic acid groups (broad SMARTS) is 1. The Balaban J connectivity index is 1.95. The molecule has 0 radical (unpaired) electrons. The number of hydrogen-bond donors (Lipinski definition) is 2. The van der Waals surface area contributed by atoms with E-state index < -0.39 is 12.0 Å². The van der Waals surface area contributed by atoms with Crippen molar-refractivity contribution >= 4 is 23.2 Å². The summed E-state index contributed by atoms with van der Waals surface area (Å²) in [7, 11) is 0. The average molecular weight is 308 g/mol. The number of furan rings is 1. The van der Waals surface area contributed by atoms with Crippen molar-refractivity contribution in [2.45, 2.75) is 32.2 Å². The lowest BCUT2D eigenvalue weighted by Crippen LogP contribution is -2.41. The van der Waals surface area contributed by atoms with Crippen LogP contribution in [0.1, 0.15) is 25.5 Å². The number of carbonyl (C=O) groups is 2. The maximum atomic E-state index is 11.9. The molecule has 0 bridgehead atoms. The zero-order chi connectivity index (χ0) is 15.2. The van der Waals surface area contributed by atoms with E-state index in [2.05, 4.69) is 10.3 Å². The van der Waals surface area contributed by atoms with Crippen molar-refractivity contribution in [2.24, 2.45) is 0 Å². The Hall–Kier alpha value is -2.15. The SMILES string of the molecule is CCCC(NC(=O)Cc1csc(-c2ccco2)n1)C(=O)O. The molecular weight excluding hydrogens is 292 g/mol. The Kier molecular flexibility index (Phi) is 5.10. The van der Waals surface area contributed by atoms with Gasteiger partial charge in [-0.3, -0.25) is 4.79 Å². The Bertz CT molecular complexity index is 606. The molecule has 2 N–H and O–H groups in total. The summed E-state index contributed by atoms with van der Waals surface area (Å²) in [5, 5.41) is 14.0. The number of carboxylic acids is 1. The van der Waals surface area contributed by atoms with Crippen LogP contribution >= 0.6 is 11.3 Å². The van der Waals surface area contributed by atoms with Gasteiger partial charge < -0.3 is 14.8 Å². The number of amides is 1. The molecule has 0 aliphatic carbocycles. The van der Waals surface area contributed by atoms with Crippen molar-refractivity contribution in [2.75, 3.05) is 0 Å². The molecule has 112 valence electrons. The lowest BCUT2D eigenvalue weighted by molar-refractivity contribution is -0.141. The number of hydrogen-bond acceptors (Lipinski definition) is 5. The second-order valence-corrected chi connectivity index (χ2v) is 5.40. The van der Waals surface area contributed by atoms with Crippen LogP contribution < -0.4 is 5.32 Å². The molecule has 2 aromatic rings. The van der Waals surface area contributed by atoms with E-state index >= 15 is 0 Å². The highest BCUT2D eigenvalue weighted by molar-refractivity contribution is 7.13. The van der Waals surface area contributed by atoms with Gasteiger partial charge in [0.25, 0.3) is 0 Å². The minimum absolute atomic E-state index is 0.0602. The molecular formula is C14H16N2O4S. The number of aliphatic carboxylic acids is 1. The maximum absolute atomic E-state index is 11.9. The number of nitrogens with one attached hydrogen (secondary N) is 1. The van der Waals surface area contributed by atoms with Crippen LogP contribution in [-0.2, 0) is 16.0 Å². The third-order valence-electron chi connectivity index (χ3n) is 2.84. The van der Waals surface area contributed by atoms with Crippen LogP contribution in [0, 0.1) is 0 Å². The van der Waals surface area contributed by atoms with Crippen molar-refractivity contribution in [3.8, 4) is 10.8 Å². The molecule has 7 heteroatoms. The van der Waals surface area contributed by atoms with E-state index in [0.717, 1.165) is 0 Å². The van der Waals surface area contributed by atoms with Crippen LogP contribution in [0.4, 0.5) is 0 Å². The molecule has 0 aromatic carbocycles. The summed E-state index contributed by atoms with van der Waals surface area (Å²) < 4.78 is 5.24. The Labute approximate surface area is 125 Å².